The second-order valence-electron chi connectivity index (χ2n) is 5.48. The quantitative estimate of drug-likeness (QED) is 0.792. The zero-order valence-corrected chi connectivity index (χ0v) is 15.0. The number of esters is 1. The molecule has 4 nitrogen and oxygen atoms in total. The van der Waals surface area contributed by atoms with Gasteiger partial charge in [-0.2, -0.15) is 0 Å². The highest BCUT2D eigenvalue weighted by Gasteiger charge is 2.21. The standard InChI is InChI=1S/C18H17Cl2NO3/c1-10-4-5-11(2)14(8-10)18(23)24-12(3)17(22)21-16-9-13(19)6-7-15(16)20/h4-9,12H,1-3H3,(H,21,22)/t12-/m1/s1. The normalized spacial score (nSPS) is 11.7. The number of benzene rings is 2. The number of rotatable bonds is 4. The van der Waals surface area contributed by atoms with Crippen molar-refractivity contribution in [3.05, 3.63) is 63.1 Å². The monoisotopic (exact) mass is 365 g/mol. The van der Waals surface area contributed by atoms with Gasteiger partial charge in [0.25, 0.3) is 5.91 Å². The van der Waals surface area contributed by atoms with Gasteiger partial charge in [0.15, 0.2) is 6.10 Å². The minimum absolute atomic E-state index is 0.348. The SMILES string of the molecule is Cc1ccc(C)c(C(=O)O[C@H](C)C(=O)Nc2cc(Cl)ccc2Cl)c1. The van der Waals surface area contributed by atoms with Crippen molar-refractivity contribution in [1.29, 1.82) is 0 Å². The molecule has 1 N–H and O–H groups in total. The van der Waals surface area contributed by atoms with Crippen molar-refractivity contribution in [3.8, 4) is 0 Å². The molecule has 0 saturated carbocycles. The molecule has 0 aliphatic rings. The zero-order chi connectivity index (χ0) is 17.9. The van der Waals surface area contributed by atoms with E-state index in [0.29, 0.717) is 21.3 Å². The first-order chi connectivity index (χ1) is 11.3. The molecule has 0 spiro atoms. The van der Waals surface area contributed by atoms with Gasteiger partial charge in [0.05, 0.1) is 16.3 Å². The molecule has 1 amide bonds. The number of hydrogen-bond acceptors (Lipinski definition) is 3. The molecule has 24 heavy (non-hydrogen) atoms. The van der Waals surface area contributed by atoms with Crippen LogP contribution in [-0.2, 0) is 9.53 Å². The summed E-state index contributed by atoms with van der Waals surface area (Å²) < 4.78 is 5.25. The van der Waals surface area contributed by atoms with Gasteiger partial charge >= 0.3 is 5.97 Å². The second-order valence-corrected chi connectivity index (χ2v) is 6.32. The molecule has 0 bridgehead atoms. The van der Waals surface area contributed by atoms with E-state index in [1.54, 1.807) is 18.2 Å². The molecule has 1 atom stereocenters. The lowest BCUT2D eigenvalue weighted by Crippen LogP contribution is -2.30. The number of amides is 1. The van der Waals surface area contributed by atoms with E-state index in [1.807, 2.05) is 26.0 Å². The molecule has 2 aromatic carbocycles. The van der Waals surface area contributed by atoms with Crippen LogP contribution < -0.4 is 5.32 Å². The molecule has 2 rings (SSSR count). The van der Waals surface area contributed by atoms with Crippen molar-refractivity contribution in [2.75, 3.05) is 5.32 Å². The summed E-state index contributed by atoms with van der Waals surface area (Å²) in [5, 5.41) is 3.39. The summed E-state index contributed by atoms with van der Waals surface area (Å²) >= 11 is 11.9. The molecule has 0 aliphatic heterocycles. The van der Waals surface area contributed by atoms with Gasteiger partial charge in [-0.05, 0) is 50.6 Å². The van der Waals surface area contributed by atoms with Gasteiger partial charge in [-0.1, -0.05) is 40.9 Å². The minimum Gasteiger partial charge on any atom is -0.449 e. The van der Waals surface area contributed by atoms with E-state index in [2.05, 4.69) is 5.32 Å². The maximum absolute atomic E-state index is 12.3. The van der Waals surface area contributed by atoms with Crippen LogP contribution in [0.3, 0.4) is 0 Å². The smallest absolute Gasteiger partial charge is 0.339 e. The second kappa shape index (κ2) is 7.69. The van der Waals surface area contributed by atoms with Gasteiger partial charge in [0.1, 0.15) is 0 Å². The molecular weight excluding hydrogens is 349 g/mol. The fraction of sp³-hybridized carbons (Fsp3) is 0.222. The molecule has 6 heteroatoms. The Hall–Kier alpha value is -2.04. The lowest BCUT2D eigenvalue weighted by Gasteiger charge is -2.15. The van der Waals surface area contributed by atoms with Gasteiger partial charge < -0.3 is 10.1 Å². The van der Waals surface area contributed by atoms with Crippen LogP contribution in [0.5, 0.6) is 0 Å². The number of hydrogen-bond donors (Lipinski definition) is 1. The fourth-order valence-corrected chi connectivity index (χ4v) is 2.40. The maximum Gasteiger partial charge on any atom is 0.339 e. The number of ether oxygens (including phenoxy) is 1. The summed E-state index contributed by atoms with van der Waals surface area (Å²) in [6.45, 7) is 5.19. The highest BCUT2D eigenvalue weighted by molar-refractivity contribution is 6.35. The Kier molecular flexibility index (Phi) is 5.86. The van der Waals surface area contributed by atoms with Crippen molar-refractivity contribution < 1.29 is 14.3 Å². The number of nitrogens with one attached hydrogen (secondary N) is 1. The van der Waals surface area contributed by atoms with E-state index < -0.39 is 18.0 Å². The topological polar surface area (TPSA) is 55.4 Å². The first-order valence-corrected chi connectivity index (χ1v) is 8.07. The van der Waals surface area contributed by atoms with E-state index in [0.717, 1.165) is 11.1 Å². The number of carbonyl (C=O) groups excluding carboxylic acids is 2. The van der Waals surface area contributed by atoms with Gasteiger partial charge in [-0.25, -0.2) is 4.79 Å². The maximum atomic E-state index is 12.3. The highest BCUT2D eigenvalue weighted by atomic mass is 35.5. The van der Waals surface area contributed by atoms with Crippen molar-refractivity contribution >= 4 is 40.8 Å². The van der Waals surface area contributed by atoms with E-state index in [-0.39, 0.29) is 0 Å². The van der Waals surface area contributed by atoms with Crippen LogP contribution in [0.15, 0.2) is 36.4 Å². The van der Waals surface area contributed by atoms with Crippen molar-refractivity contribution in [2.24, 2.45) is 0 Å². The molecule has 0 saturated heterocycles. The molecule has 0 heterocycles. The van der Waals surface area contributed by atoms with Gasteiger partial charge in [0, 0.05) is 5.02 Å². The molecule has 0 aliphatic carbocycles. The van der Waals surface area contributed by atoms with E-state index >= 15 is 0 Å². The molecule has 0 radical (unpaired) electrons. The third-order valence-electron chi connectivity index (χ3n) is 3.45. The Balaban J connectivity index is 2.07. The average Bonchev–Trinajstić information content (AvgIpc) is 2.53. The summed E-state index contributed by atoms with van der Waals surface area (Å²) in [5.41, 5.74) is 2.53. The summed E-state index contributed by atoms with van der Waals surface area (Å²) in [5.74, 6) is -1.03. The molecule has 126 valence electrons. The molecular formula is C18H17Cl2NO3. The molecule has 2 aromatic rings. The van der Waals surface area contributed by atoms with E-state index in [1.165, 1.54) is 13.0 Å². The van der Waals surface area contributed by atoms with Gasteiger partial charge in [0.2, 0.25) is 0 Å². The van der Waals surface area contributed by atoms with Gasteiger partial charge in [-0.15, -0.1) is 0 Å². The number of anilines is 1. The average molecular weight is 366 g/mol. The predicted octanol–water partition coefficient (Wildman–Crippen LogP) is 4.79. The van der Waals surface area contributed by atoms with Crippen molar-refractivity contribution in [3.63, 3.8) is 0 Å². The summed E-state index contributed by atoms with van der Waals surface area (Å²) in [6.07, 6.45) is -0.979. The van der Waals surface area contributed by atoms with Crippen LogP contribution >= 0.6 is 23.2 Å². The number of halogens is 2. The molecule has 0 aromatic heterocycles. The Bertz CT molecular complexity index is 790. The first-order valence-electron chi connectivity index (χ1n) is 7.32. The Labute approximate surface area is 150 Å². The Morgan fingerprint density at radius 3 is 2.50 bits per heavy atom. The van der Waals surface area contributed by atoms with Crippen LogP contribution in [0, 0.1) is 13.8 Å². The lowest BCUT2D eigenvalue weighted by molar-refractivity contribution is -0.123. The molecule has 0 fully saturated rings. The third-order valence-corrected chi connectivity index (χ3v) is 4.02. The largest absolute Gasteiger partial charge is 0.449 e. The van der Waals surface area contributed by atoms with Crippen LogP contribution in [-0.4, -0.2) is 18.0 Å². The summed E-state index contributed by atoms with van der Waals surface area (Å²) in [6, 6.07) is 10.2. The third kappa shape index (κ3) is 4.49. The first kappa shape index (κ1) is 18.3. The van der Waals surface area contributed by atoms with Gasteiger partial charge in [-0.3, -0.25) is 4.79 Å². The van der Waals surface area contributed by atoms with E-state index in [4.69, 9.17) is 27.9 Å². The van der Waals surface area contributed by atoms with Crippen LogP contribution in [0.25, 0.3) is 0 Å². The Morgan fingerprint density at radius 1 is 1.08 bits per heavy atom. The van der Waals surface area contributed by atoms with Crippen LogP contribution in [0.4, 0.5) is 5.69 Å². The zero-order valence-electron chi connectivity index (χ0n) is 13.5. The number of carbonyl (C=O) groups is 2. The van der Waals surface area contributed by atoms with Crippen LogP contribution in [0.2, 0.25) is 10.0 Å². The Morgan fingerprint density at radius 2 is 1.79 bits per heavy atom. The highest BCUT2D eigenvalue weighted by Crippen LogP contribution is 2.25. The summed E-state index contributed by atoms with van der Waals surface area (Å²) in [4.78, 5) is 24.5. The minimum atomic E-state index is -0.979. The molecule has 0 unspecified atom stereocenters. The number of aryl methyl sites for hydroxylation is 2. The van der Waals surface area contributed by atoms with E-state index in [9.17, 15) is 9.59 Å². The van der Waals surface area contributed by atoms with Crippen molar-refractivity contribution in [1.82, 2.24) is 0 Å². The van der Waals surface area contributed by atoms with Crippen LogP contribution in [0.1, 0.15) is 28.4 Å². The van der Waals surface area contributed by atoms with Crippen molar-refractivity contribution in [2.45, 2.75) is 26.9 Å². The summed E-state index contributed by atoms with van der Waals surface area (Å²) in [7, 11) is 0. The lowest BCUT2D eigenvalue weighted by atomic mass is 10.1. The predicted molar refractivity (Wildman–Crippen MR) is 95.9 cm³/mol. The fourth-order valence-electron chi connectivity index (χ4n) is 2.06.